The minimum Gasteiger partial charge on any atom is -0.381 e. The lowest BCUT2D eigenvalue weighted by Crippen LogP contribution is -2.37. The van der Waals surface area contributed by atoms with Crippen LogP contribution in [0.5, 0.6) is 0 Å². The van der Waals surface area contributed by atoms with E-state index in [1.807, 2.05) is 0 Å². The van der Waals surface area contributed by atoms with Gasteiger partial charge < -0.3 is 10.6 Å². The first-order chi connectivity index (χ1) is 9.11. The molecule has 1 aromatic heterocycles. The number of aromatic nitrogens is 1. The lowest BCUT2D eigenvalue weighted by Gasteiger charge is -2.27. The number of carbonyl (C=O) groups excluding carboxylic acids is 1. The summed E-state index contributed by atoms with van der Waals surface area (Å²) in [4.78, 5) is 17.6. The van der Waals surface area contributed by atoms with Crippen LogP contribution in [0.15, 0.2) is 12.3 Å². The fourth-order valence-corrected chi connectivity index (χ4v) is 2.63. The number of hydrogen-bond acceptors (Lipinski definition) is 3. The number of halogens is 1. The molecule has 1 saturated carbocycles. The Morgan fingerprint density at radius 3 is 2.63 bits per heavy atom. The van der Waals surface area contributed by atoms with Gasteiger partial charge in [0.15, 0.2) is 11.6 Å². The number of nitrogens with two attached hydrogens (primary N) is 1. The van der Waals surface area contributed by atoms with Crippen molar-refractivity contribution < 1.29 is 9.18 Å². The van der Waals surface area contributed by atoms with Crippen LogP contribution < -0.4 is 5.73 Å². The van der Waals surface area contributed by atoms with Gasteiger partial charge in [-0.2, -0.15) is 0 Å². The van der Waals surface area contributed by atoms with E-state index >= 15 is 0 Å². The Hall–Kier alpha value is -1.65. The quantitative estimate of drug-likeness (QED) is 0.836. The lowest BCUT2D eigenvalue weighted by atomic mass is 10.1. The average molecular weight is 265 g/mol. The van der Waals surface area contributed by atoms with Crippen LogP contribution in [0.1, 0.15) is 48.9 Å². The van der Waals surface area contributed by atoms with Crippen molar-refractivity contribution in [2.75, 3.05) is 12.8 Å². The molecule has 19 heavy (non-hydrogen) atoms. The first kappa shape index (κ1) is 13.8. The van der Waals surface area contributed by atoms with Gasteiger partial charge in [0.1, 0.15) is 0 Å². The van der Waals surface area contributed by atoms with Crippen LogP contribution in [-0.4, -0.2) is 28.9 Å². The van der Waals surface area contributed by atoms with E-state index < -0.39 is 5.82 Å². The van der Waals surface area contributed by atoms with E-state index in [4.69, 9.17) is 5.73 Å². The smallest absolute Gasteiger partial charge is 0.257 e. The van der Waals surface area contributed by atoms with Gasteiger partial charge >= 0.3 is 0 Å². The predicted octanol–water partition coefficient (Wildman–Crippen LogP) is 2.60. The molecule has 1 aromatic rings. The van der Waals surface area contributed by atoms with Gasteiger partial charge in [-0.1, -0.05) is 25.7 Å². The predicted molar refractivity (Wildman–Crippen MR) is 72.2 cm³/mol. The lowest BCUT2D eigenvalue weighted by molar-refractivity contribution is 0.0713. The van der Waals surface area contributed by atoms with E-state index in [-0.39, 0.29) is 23.3 Å². The van der Waals surface area contributed by atoms with Crippen molar-refractivity contribution in [1.29, 1.82) is 0 Å². The number of hydrogen-bond donors (Lipinski definition) is 1. The van der Waals surface area contributed by atoms with Crippen LogP contribution in [0, 0.1) is 5.82 Å². The molecular weight excluding hydrogens is 245 g/mol. The summed E-state index contributed by atoms with van der Waals surface area (Å²) in [5, 5.41) is 0. The molecule has 0 unspecified atom stereocenters. The van der Waals surface area contributed by atoms with Gasteiger partial charge in [0.2, 0.25) is 0 Å². The zero-order chi connectivity index (χ0) is 13.8. The van der Waals surface area contributed by atoms with Gasteiger partial charge in [-0.3, -0.25) is 4.79 Å². The number of nitrogens with zero attached hydrogens (tertiary/aromatic N) is 2. The highest BCUT2D eigenvalue weighted by molar-refractivity contribution is 5.95. The first-order valence-electron chi connectivity index (χ1n) is 6.78. The molecule has 104 valence electrons. The minimum atomic E-state index is -0.715. The summed E-state index contributed by atoms with van der Waals surface area (Å²) in [6.07, 6.45) is 8.04. The first-order valence-corrected chi connectivity index (χ1v) is 6.78. The van der Waals surface area contributed by atoms with Crippen molar-refractivity contribution in [3.8, 4) is 0 Å². The van der Waals surface area contributed by atoms with Crippen molar-refractivity contribution >= 4 is 11.7 Å². The SMILES string of the molecule is CN(C(=O)c1ccnc(N)c1F)C1CCCCCC1. The number of anilines is 1. The fourth-order valence-electron chi connectivity index (χ4n) is 2.63. The topological polar surface area (TPSA) is 59.2 Å². The number of amides is 1. The molecule has 1 heterocycles. The summed E-state index contributed by atoms with van der Waals surface area (Å²) in [5.41, 5.74) is 5.42. The molecule has 1 amide bonds. The van der Waals surface area contributed by atoms with Crippen LogP contribution in [0.4, 0.5) is 10.2 Å². The largest absolute Gasteiger partial charge is 0.381 e. The Bertz CT molecular complexity index is 456. The second-order valence-electron chi connectivity index (χ2n) is 5.12. The highest BCUT2D eigenvalue weighted by Crippen LogP contribution is 2.23. The number of pyridine rings is 1. The Balaban J connectivity index is 2.15. The summed E-state index contributed by atoms with van der Waals surface area (Å²) < 4.78 is 13.8. The van der Waals surface area contributed by atoms with Crippen LogP contribution in [0.3, 0.4) is 0 Å². The van der Waals surface area contributed by atoms with Gasteiger partial charge in [-0.05, 0) is 18.9 Å². The summed E-state index contributed by atoms with van der Waals surface area (Å²) in [7, 11) is 1.74. The van der Waals surface area contributed by atoms with Gasteiger partial charge in [0, 0.05) is 19.3 Å². The highest BCUT2D eigenvalue weighted by Gasteiger charge is 2.24. The molecule has 2 rings (SSSR count). The zero-order valence-corrected chi connectivity index (χ0v) is 11.2. The maximum atomic E-state index is 13.8. The van der Waals surface area contributed by atoms with E-state index in [9.17, 15) is 9.18 Å². The van der Waals surface area contributed by atoms with Crippen molar-refractivity contribution in [3.63, 3.8) is 0 Å². The third-order valence-electron chi connectivity index (χ3n) is 3.84. The molecule has 0 aliphatic heterocycles. The number of rotatable bonds is 2. The second kappa shape index (κ2) is 5.99. The normalized spacial score (nSPS) is 16.9. The van der Waals surface area contributed by atoms with Gasteiger partial charge in [0.25, 0.3) is 5.91 Å². The summed E-state index contributed by atoms with van der Waals surface area (Å²) in [6.45, 7) is 0. The summed E-state index contributed by atoms with van der Waals surface area (Å²) in [6, 6.07) is 1.59. The standard InChI is InChI=1S/C14H20FN3O/c1-18(10-6-4-2-3-5-7-10)14(19)11-8-9-17-13(16)12(11)15/h8-10H,2-7H2,1H3,(H2,16,17). The van der Waals surface area contributed by atoms with Gasteiger partial charge in [-0.15, -0.1) is 0 Å². The highest BCUT2D eigenvalue weighted by atomic mass is 19.1. The van der Waals surface area contributed by atoms with Crippen molar-refractivity contribution in [2.24, 2.45) is 0 Å². The summed E-state index contributed by atoms with van der Waals surface area (Å²) in [5.74, 6) is -1.24. The molecule has 0 saturated heterocycles. The zero-order valence-electron chi connectivity index (χ0n) is 11.2. The molecule has 0 atom stereocenters. The molecule has 0 aromatic carbocycles. The molecule has 2 N–H and O–H groups in total. The molecule has 1 aliphatic carbocycles. The van der Waals surface area contributed by atoms with Crippen LogP contribution in [-0.2, 0) is 0 Å². The Kier molecular flexibility index (Phi) is 4.35. The van der Waals surface area contributed by atoms with Crippen LogP contribution in [0.2, 0.25) is 0 Å². The minimum absolute atomic E-state index is 0.0132. The second-order valence-corrected chi connectivity index (χ2v) is 5.12. The third kappa shape index (κ3) is 3.03. The molecule has 4 nitrogen and oxygen atoms in total. The van der Waals surface area contributed by atoms with Gasteiger partial charge in [0.05, 0.1) is 5.56 Å². The average Bonchev–Trinajstić information content (AvgIpc) is 2.69. The van der Waals surface area contributed by atoms with Crippen molar-refractivity contribution in [2.45, 2.75) is 44.6 Å². The number of nitrogen functional groups attached to an aromatic ring is 1. The molecular formula is C14H20FN3O. The third-order valence-corrected chi connectivity index (χ3v) is 3.84. The van der Waals surface area contributed by atoms with Crippen LogP contribution >= 0.6 is 0 Å². The molecule has 0 spiro atoms. The maximum Gasteiger partial charge on any atom is 0.257 e. The molecule has 1 aliphatic rings. The van der Waals surface area contributed by atoms with Crippen molar-refractivity contribution in [1.82, 2.24) is 9.88 Å². The maximum absolute atomic E-state index is 13.8. The molecule has 5 heteroatoms. The van der Waals surface area contributed by atoms with Gasteiger partial charge in [-0.25, -0.2) is 9.37 Å². The Morgan fingerprint density at radius 2 is 2.00 bits per heavy atom. The van der Waals surface area contributed by atoms with E-state index in [1.54, 1.807) is 11.9 Å². The van der Waals surface area contributed by atoms with Crippen LogP contribution in [0.25, 0.3) is 0 Å². The fraction of sp³-hybridized carbons (Fsp3) is 0.571. The molecule has 0 bridgehead atoms. The molecule has 0 radical (unpaired) electrons. The van der Waals surface area contributed by atoms with E-state index in [2.05, 4.69) is 4.98 Å². The number of carbonyl (C=O) groups is 1. The monoisotopic (exact) mass is 265 g/mol. The van der Waals surface area contributed by atoms with E-state index in [1.165, 1.54) is 25.1 Å². The van der Waals surface area contributed by atoms with Crippen molar-refractivity contribution in [3.05, 3.63) is 23.6 Å². The van der Waals surface area contributed by atoms with E-state index in [0.717, 1.165) is 25.7 Å². The molecule has 1 fully saturated rings. The Morgan fingerprint density at radius 1 is 1.37 bits per heavy atom. The Labute approximate surface area is 112 Å². The summed E-state index contributed by atoms with van der Waals surface area (Å²) >= 11 is 0. The van der Waals surface area contributed by atoms with E-state index in [0.29, 0.717) is 0 Å².